The molecule has 1 aromatic rings. The molecule has 1 aliphatic rings. The van der Waals surface area contributed by atoms with Crippen molar-refractivity contribution >= 4 is 11.8 Å². The lowest BCUT2D eigenvalue weighted by Crippen LogP contribution is -2.13. The van der Waals surface area contributed by atoms with Gasteiger partial charge in [-0.15, -0.1) is 11.8 Å². The Balaban J connectivity index is 2.16. The molecule has 0 aliphatic carbocycles. The zero-order chi connectivity index (χ0) is 7.52. The third kappa shape index (κ3) is 1.52. The first kappa shape index (κ1) is 7.06. The van der Waals surface area contributed by atoms with Crippen LogP contribution in [0.4, 0.5) is 0 Å². The van der Waals surface area contributed by atoms with Crippen LogP contribution in [0.25, 0.3) is 0 Å². The smallest absolute Gasteiger partial charge is 0.141 e. The molecule has 1 saturated heterocycles. The number of hydrogen-bond donors (Lipinski definition) is 1. The average molecular weight is 166 g/mol. The second-order valence-electron chi connectivity index (χ2n) is 2.20. The van der Waals surface area contributed by atoms with Gasteiger partial charge >= 0.3 is 0 Å². The molecule has 0 spiro atoms. The third-order valence-corrected chi connectivity index (χ3v) is 2.50. The molecule has 57 valence electrons. The van der Waals surface area contributed by atoms with Crippen LogP contribution in [0, 0.1) is 5.37 Å². The number of thioether (sulfide) groups is 1. The first-order chi connectivity index (χ1) is 5.47. The van der Waals surface area contributed by atoms with Crippen LogP contribution >= 0.6 is 11.8 Å². The Bertz CT molecular complexity index is 220. The summed E-state index contributed by atoms with van der Waals surface area (Å²) in [6, 6.07) is 1.92. The fourth-order valence-electron chi connectivity index (χ4n) is 0.958. The molecule has 2 rings (SSSR count). The zero-order valence-corrected chi connectivity index (χ0v) is 6.77. The normalized spacial score (nSPS) is 18.9. The molecule has 0 amide bonds. The minimum atomic E-state index is 1.00. The fourth-order valence-corrected chi connectivity index (χ4v) is 1.84. The second kappa shape index (κ2) is 3.19. The van der Waals surface area contributed by atoms with Crippen LogP contribution in [0.15, 0.2) is 18.6 Å². The van der Waals surface area contributed by atoms with E-state index in [2.05, 4.69) is 15.3 Å². The van der Waals surface area contributed by atoms with Crippen LogP contribution in [-0.4, -0.2) is 22.3 Å². The number of nitrogens with zero attached hydrogens (tertiary/aromatic N) is 2. The Kier molecular flexibility index (Phi) is 2.05. The van der Waals surface area contributed by atoms with Gasteiger partial charge in [0.25, 0.3) is 0 Å². The molecule has 11 heavy (non-hydrogen) atoms. The van der Waals surface area contributed by atoms with Gasteiger partial charge in [0.05, 0.1) is 5.69 Å². The molecule has 1 aromatic heterocycles. The van der Waals surface area contributed by atoms with Crippen molar-refractivity contribution in [3.63, 3.8) is 0 Å². The SMILES string of the molecule is c1cc([C]2NCCS2)ncn1. The van der Waals surface area contributed by atoms with Crippen LogP contribution in [0.2, 0.25) is 0 Å². The minimum Gasteiger partial charge on any atom is -0.294 e. The van der Waals surface area contributed by atoms with Crippen molar-refractivity contribution in [1.82, 2.24) is 15.3 Å². The molecular weight excluding hydrogens is 158 g/mol. The molecule has 1 radical (unpaired) electrons. The summed E-state index contributed by atoms with van der Waals surface area (Å²) in [6.45, 7) is 1.05. The van der Waals surface area contributed by atoms with Gasteiger partial charge in [0.15, 0.2) is 0 Å². The lowest BCUT2D eigenvalue weighted by atomic mass is 10.4. The van der Waals surface area contributed by atoms with Crippen LogP contribution in [-0.2, 0) is 0 Å². The molecule has 4 heteroatoms. The number of rotatable bonds is 1. The Hall–Kier alpha value is -0.610. The summed E-state index contributed by atoms with van der Waals surface area (Å²) in [5.41, 5.74) is 1.00. The van der Waals surface area contributed by atoms with Crippen molar-refractivity contribution in [2.24, 2.45) is 0 Å². The Morgan fingerprint density at radius 3 is 3.18 bits per heavy atom. The molecular formula is C7H8N3S. The maximum Gasteiger partial charge on any atom is 0.141 e. The molecule has 0 aromatic carbocycles. The van der Waals surface area contributed by atoms with Crippen molar-refractivity contribution < 1.29 is 0 Å². The van der Waals surface area contributed by atoms with Gasteiger partial charge in [0.2, 0.25) is 0 Å². The predicted octanol–water partition coefficient (Wildman–Crippen LogP) is 0.651. The van der Waals surface area contributed by atoms with Gasteiger partial charge in [0, 0.05) is 18.5 Å². The number of hydrogen-bond acceptors (Lipinski definition) is 4. The van der Waals surface area contributed by atoms with E-state index < -0.39 is 0 Å². The quantitative estimate of drug-likeness (QED) is 0.664. The molecule has 1 N–H and O–H groups in total. The standard InChI is InChI=1S/C7H8N3S/c1-2-8-5-10-6(1)7-9-3-4-11-7/h1-2,5,9H,3-4H2. The summed E-state index contributed by atoms with van der Waals surface area (Å²) in [5, 5.41) is 4.44. The monoisotopic (exact) mass is 166 g/mol. The highest BCUT2D eigenvalue weighted by Crippen LogP contribution is 2.26. The lowest BCUT2D eigenvalue weighted by molar-refractivity contribution is 0.863. The largest absolute Gasteiger partial charge is 0.294 e. The summed E-state index contributed by atoms with van der Waals surface area (Å²) < 4.78 is 0. The van der Waals surface area contributed by atoms with Crippen molar-refractivity contribution in [3.8, 4) is 0 Å². The molecule has 0 bridgehead atoms. The van der Waals surface area contributed by atoms with E-state index in [4.69, 9.17) is 0 Å². The molecule has 3 nitrogen and oxygen atoms in total. The Morgan fingerprint density at radius 2 is 2.55 bits per heavy atom. The topological polar surface area (TPSA) is 37.8 Å². The van der Waals surface area contributed by atoms with Gasteiger partial charge in [-0.25, -0.2) is 9.97 Å². The Labute approximate surface area is 69.6 Å². The van der Waals surface area contributed by atoms with Crippen LogP contribution in [0.5, 0.6) is 0 Å². The first-order valence-corrected chi connectivity index (χ1v) is 4.45. The van der Waals surface area contributed by atoms with E-state index in [1.807, 2.05) is 17.8 Å². The van der Waals surface area contributed by atoms with Crippen LogP contribution in [0.3, 0.4) is 0 Å². The summed E-state index contributed by atoms with van der Waals surface area (Å²) in [6.07, 6.45) is 3.33. The van der Waals surface area contributed by atoms with Gasteiger partial charge < -0.3 is 0 Å². The van der Waals surface area contributed by atoms with Crippen molar-refractivity contribution in [1.29, 1.82) is 0 Å². The van der Waals surface area contributed by atoms with Crippen molar-refractivity contribution in [3.05, 3.63) is 29.7 Å². The van der Waals surface area contributed by atoms with Gasteiger partial charge in [-0.1, -0.05) is 0 Å². The number of aromatic nitrogens is 2. The van der Waals surface area contributed by atoms with Crippen molar-refractivity contribution in [2.75, 3.05) is 12.3 Å². The predicted molar refractivity (Wildman–Crippen MR) is 44.8 cm³/mol. The van der Waals surface area contributed by atoms with E-state index in [1.54, 1.807) is 12.5 Å². The minimum absolute atomic E-state index is 1.00. The fraction of sp³-hybridized carbons (Fsp3) is 0.286. The van der Waals surface area contributed by atoms with E-state index in [-0.39, 0.29) is 0 Å². The third-order valence-electron chi connectivity index (χ3n) is 1.45. The van der Waals surface area contributed by atoms with Gasteiger partial charge in [-0.3, -0.25) is 5.32 Å². The first-order valence-electron chi connectivity index (χ1n) is 3.47. The molecule has 1 aliphatic heterocycles. The van der Waals surface area contributed by atoms with Crippen molar-refractivity contribution in [2.45, 2.75) is 0 Å². The van der Waals surface area contributed by atoms with Gasteiger partial charge in [-0.2, -0.15) is 0 Å². The van der Waals surface area contributed by atoms with Gasteiger partial charge in [-0.05, 0) is 6.07 Å². The summed E-state index contributed by atoms with van der Waals surface area (Å²) in [4.78, 5) is 7.98. The highest BCUT2D eigenvalue weighted by atomic mass is 32.2. The second-order valence-corrected chi connectivity index (χ2v) is 3.30. The number of nitrogens with one attached hydrogen (secondary N) is 1. The van der Waals surface area contributed by atoms with Crippen LogP contribution in [0.1, 0.15) is 5.69 Å². The average Bonchev–Trinajstić information content (AvgIpc) is 2.58. The zero-order valence-electron chi connectivity index (χ0n) is 5.95. The van der Waals surface area contributed by atoms with Crippen LogP contribution < -0.4 is 5.32 Å². The molecule has 0 atom stereocenters. The van der Waals surface area contributed by atoms with E-state index in [9.17, 15) is 0 Å². The summed E-state index contributed by atoms with van der Waals surface area (Å²) in [7, 11) is 0. The molecule has 1 fully saturated rings. The van der Waals surface area contributed by atoms with E-state index in [0.717, 1.165) is 18.0 Å². The van der Waals surface area contributed by atoms with E-state index >= 15 is 0 Å². The summed E-state index contributed by atoms with van der Waals surface area (Å²) in [5.74, 6) is 1.14. The lowest BCUT2D eigenvalue weighted by Gasteiger charge is -2.04. The molecule has 2 heterocycles. The highest BCUT2D eigenvalue weighted by Gasteiger charge is 2.18. The highest BCUT2D eigenvalue weighted by molar-refractivity contribution is 8.02. The van der Waals surface area contributed by atoms with Gasteiger partial charge in [0.1, 0.15) is 11.7 Å². The van der Waals surface area contributed by atoms with E-state index in [0.29, 0.717) is 0 Å². The molecule has 0 saturated carbocycles. The maximum absolute atomic E-state index is 4.13. The maximum atomic E-state index is 4.13. The molecule has 0 unspecified atom stereocenters. The Morgan fingerprint density at radius 1 is 1.55 bits per heavy atom. The summed E-state index contributed by atoms with van der Waals surface area (Å²) >= 11 is 1.81. The van der Waals surface area contributed by atoms with E-state index in [1.165, 1.54) is 5.37 Å².